The number of ether oxygens (including phenoxy) is 1. The fourth-order valence-corrected chi connectivity index (χ4v) is 3.62. The Morgan fingerprint density at radius 2 is 1.76 bits per heavy atom. The third kappa shape index (κ3) is 7.80. The molecule has 3 amide bonds. The number of carbonyl (C=O) groups is 2. The minimum absolute atomic E-state index is 0.107. The van der Waals surface area contributed by atoms with Gasteiger partial charge >= 0.3 is 6.03 Å². The van der Waals surface area contributed by atoms with Gasteiger partial charge in [-0.25, -0.2) is 4.79 Å². The first-order chi connectivity index (χ1) is 16.5. The van der Waals surface area contributed by atoms with Gasteiger partial charge < -0.3 is 24.3 Å². The molecule has 0 aliphatic rings. The van der Waals surface area contributed by atoms with Gasteiger partial charge in [0, 0.05) is 32.5 Å². The first-order valence-corrected chi connectivity index (χ1v) is 11.6. The zero-order valence-corrected chi connectivity index (χ0v) is 20.4. The summed E-state index contributed by atoms with van der Waals surface area (Å²) in [6.45, 7) is 1.38. The molecule has 1 heterocycles. The minimum Gasteiger partial charge on any atom is -0.467 e. The van der Waals surface area contributed by atoms with E-state index in [-0.39, 0.29) is 12.5 Å². The van der Waals surface area contributed by atoms with E-state index in [0.717, 1.165) is 5.56 Å². The van der Waals surface area contributed by atoms with Crippen LogP contribution in [0.4, 0.5) is 10.5 Å². The number of methoxy groups -OCH3 is 1. The van der Waals surface area contributed by atoms with Crippen LogP contribution in [0.25, 0.3) is 0 Å². The maximum absolute atomic E-state index is 13.4. The molecule has 0 bridgehead atoms. The molecule has 0 radical (unpaired) electrons. The van der Waals surface area contributed by atoms with E-state index < -0.39 is 6.03 Å². The Morgan fingerprint density at radius 1 is 0.971 bits per heavy atom. The van der Waals surface area contributed by atoms with Gasteiger partial charge in [0.1, 0.15) is 12.3 Å². The van der Waals surface area contributed by atoms with Crippen molar-refractivity contribution in [2.75, 3.05) is 32.1 Å². The Balaban J connectivity index is 1.74. The molecular formula is C25H27Cl2N3O4. The lowest BCUT2D eigenvalue weighted by Gasteiger charge is -2.27. The second-order valence-corrected chi connectivity index (χ2v) is 8.46. The van der Waals surface area contributed by atoms with E-state index in [2.05, 4.69) is 5.32 Å². The summed E-state index contributed by atoms with van der Waals surface area (Å²) in [6.07, 6.45) is 2.15. The summed E-state index contributed by atoms with van der Waals surface area (Å²) in [5.74, 6) is 0.456. The fourth-order valence-electron chi connectivity index (χ4n) is 3.32. The number of rotatable bonds is 11. The average Bonchev–Trinajstić information content (AvgIpc) is 3.34. The summed E-state index contributed by atoms with van der Waals surface area (Å²) in [7, 11) is 1.59. The van der Waals surface area contributed by atoms with Crippen LogP contribution < -0.4 is 5.32 Å². The lowest BCUT2D eigenvalue weighted by molar-refractivity contribution is -0.133. The second-order valence-electron chi connectivity index (χ2n) is 7.64. The van der Waals surface area contributed by atoms with Crippen LogP contribution in [0.1, 0.15) is 17.7 Å². The van der Waals surface area contributed by atoms with E-state index in [1.165, 1.54) is 4.90 Å². The van der Waals surface area contributed by atoms with Crippen LogP contribution in [0, 0.1) is 0 Å². The first-order valence-electron chi connectivity index (χ1n) is 10.8. The highest BCUT2D eigenvalue weighted by Crippen LogP contribution is 2.25. The summed E-state index contributed by atoms with van der Waals surface area (Å²) in [6, 6.07) is 17.7. The number of nitrogens with one attached hydrogen (secondary N) is 1. The fraction of sp³-hybridized carbons (Fsp3) is 0.280. The van der Waals surface area contributed by atoms with Crippen LogP contribution in [-0.4, -0.2) is 48.5 Å². The number of furan rings is 1. The summed E-state index contributed by atoms with van der Waals surface area (Å²) >= 11 is 12.0. The largest absolute Gasteiger partial charge is 0.467 e. The highest BCUT2D eigenvalue weighted by Gasteiger charge is 2.22. The van der Waals surface area contributed by atoms with E-state index in [9.17, 15) is 9.59 Å². The van der Waals surface area contributed by atoms with Crippen LogP contribution in [-0.2, 0) is 22.6 Å². The second kappa shape index (κ2) is 13.0. The third-order valence-electron chi connectivity index (χ3n) is 5.06. The van der Waals surface area contributed by atoms with Crippen molar-refractivity contribution >= 4 is 40.8 Å². The summed E-state index contributed by atoms with van der Waals surface area (Å²) < 4.78 is 10.6. The average molecular weight is 504 g/mol. The normalized spacial score (nSPS) is 10.7. The number of anilines is 1. The molecule has 3 rings (SSSR count). The maximum atomic E-state index is 13.4. The summed E-state index contributed by atoms with van der Waals surface area (Å²) in [5.41, 5.74) is 1.47. The summed E-state index contributed by atoms with van der Waals surface area (Å²) in [5, 5.41) is 3.51. The molecule has 2 aromatic carbocycles. The van der Waals surface area contributed by atoms with Crippen molar-refractivity contribution in [2.24, 2.45) is 0 Å². The number of nitrogens with zero attached hydrogens (tertiary/aromatic N) is 2. The van der Waals surface area contributed by atoms with Gasteiger partial charge in [0.05, 0.1) is 22.9 Å². The van der Waals surface area contributed by atoms with Gasteiger partial charge in [-0.3, -0.25) is 4.79 Å². The van der Waals surface area contributed by atoms with Crippen molar-refractivity contribution < 1.29 is 18.7 Å². The quantitative estimate of drug-likeness (QED) is 0.341. The van der Waals surface area contributed by atoms with Crippen LogP contribution in [0.15, 0.2) is 71.3 Å². The third-order valence-corrected chi connectivity index (χ3v) is 5.80. The van der Waals surface area contributed by atoms with E-state index in [1.54, 1.807) is 42.5 Å². The van der Waals surface area contributed by atoms with Gasteiger partial charge in [-0.2, -0.15) is 0 Å². The van der Waals surface area contributed by atoms with Crippen LogP contribution in [0.2, 0.25) is 10.0 Å². The number of amides is 3. The van der Waals surface area contributed by atoms with Gasteiger partial charge in [0.15, 0.2) is 0 Å². The molecule has 1 aromatic heterocycles. The molecule has 7 nitrogen and oxygen atoms in total. The molecular weight excluding hydrogens is 477 g/mol. The molecule has 9 heteroatoms. The van der Waals surface area contributed by atoms with Crippen molar-refractivity contribution in [3.8, 4) is 0 Å². The Labute approximate surface area is 209 Å². The molecule has 34 heavy (non-hydrogen) atoms. The van der Waals surface area contributed by atoms with E-state index in [0.29, 0.717) is 54.2 Å². The van der Waals surface area contributed by atoms with Gasteiger partial charge in [-0.1, -0.05) is 53.5 Å². The van der Waals surface area contributed by atoms with Crippen molar-refractivity contribution in [3.05, 3.63) is 88.3 Å². The molecule has 0 saturated carbocycles. The Morgan fingerprint density at radius 3 is 2.44 bits per heavy atom. The number of urea groups is 1. The van der Waals surface area contributed by atoms with Gasteiger partial charge in [0.25, 0.3) is 0 Å². The van der Waals surface area contributed by atoms with E-state index >= 15 is 0 Å². The van der Waals surface area contributed by atoms with Crippen LogP contribution in [0.3, 0.4) is 0 Å². The highest BCUT2D eigenvalue weighted by molar-refractivity contribution is 6.42. The van der Waals surface area contributed by atoms with E-state index in [4.69, 9.17) is 32.4 Å². The van der Waals surface area contributed by atoms with Crippen LogP contribution >= 0.6 is 23.2 Å². The zero-order chi connectivity index (χ0) is 24.3. The lowest BCUT2D eigenvalue weighted by atomic mass is 10.2. The smallest absolute Gasteiger partial charge is 0.322 e. The molecule has 0 aliphatic heterocycles. The van der Waals surface area contributed by atoms with Gasteiger partial charge in [-0.15, -0.1) is 0 Å². The molecule has 0 fully saturated rings. The lowest BCUT2D eigenvalue weighted by Crippen LogP contribution is -2.44. The molecule has 1 N–H and O–H groups in total. The number of halogens is 2. The number of hydrogen-bond donors (Lipinski definition) is 1. The molecule has 3 aromatic rings. The van der Waals surface area contributed by atoms with E-state index in [1.807, 2.05) is 36.4 Å². The molecule has 0 aliphatic carbocycles. The highest BCUT2D eigenvalue weighted by atomic mass is 35.5. The molecule has 0 unspecified atom stereocenters. The van der Waals surface area contributed by atoms with Crippen molar-refractivity contribution in [1.29, 1.82) is 0 Å². The van der Waals surface area contributed by atoms with Crippen molar-refractivity contribution in [2.45, 2.75) is 19.5 Å². The van der Waals surface area contributed by atoms with Gasteiger partial charge in [0.2, 0.25) is 5.91 Å². The Kier molecular flexibility index (Phi) is 9.82. The zero-order valence-electron chi connectivity index (χ0n) is 18.9. The van der Waals surface area contributed by atoms with Crippen molar-refractivity contribution in [1.82, 2.24) is 9.80 Å². The topological polar surface area (TPSA) is 75.0 Å². The Hall–Kier alpha value is -3.00. The minimum atomic E-state index is -0.416. The van der Waals surface area contributed by atoms with Crippen LogP contribution in [0.5, 0.6) is 0 Å². The summed E-state index contributed by atoms with van der Waals surface area (Å²) in [4.78, 5) is 29.5. The van der Waals surface area contributed by atoms with Gasteiger partial charge in [-0.05, 0) is 42.3 Å². The number of carbonyl (C=O) groups excluding carboxylic acids is 2. The predicted octanol–water partition coefficient (Wildman–Crippen LogP) is 5.69. The monoisotopic (exact) mass is 503 g/mol. The molecule has 180 valence electrons. The maximum Gasteiger partial charge on any atom is 0.322 e. The SMILES string of the molecule is COCCCN(CC(=O)N(Cc1ccccc1)Cc1ccco1)C(=O)Nc1ccc(Cl)c(Cl)c1. The molecule has 0 saturated heterocycles. The molecule has 0 atom stereocenters. The number of benzene rings is 2. The number of hydrogen-bond acceptors (Lipinski definition) is 4. The predicted molar refractivity (Wildman–Crippen MR) is 133 cm³/mol. The van der Waals surface area contributed by atoms with Crippen molar-refractivity contribution in [3.63, 3.8) is 0 Å². The first kappa shape index (κ1) is 25.6. The standard InChI is InChI=1S/C25H27Cl2N3O4/c1-33-13-6-12-29(25(32)28-20-10-11-22(26)23(27)15-20)18-24(31)30(17-21-9-5-14-34-21)16-19-7-3-2-4-8-19/h2-5,7-11,14-15H,6,12-13,16-18H2,1H3,(H,28,32). The molecule has 0 spiro atoms. The Bertz CT molecular complexity index is 1060.